The topological polar surface area (TPSA) is 20.2 Å². The Bertz CT molecular complexity index is 540. The first-order valence-corrected chi connectivity index (χ1v) is 12.9. The van der Waals surface area contributed by atoms with Crippen molar-refractivity contribution >= 4 is 0 Å². The van der Waals surface area contributed by atoms with E-state index in [-0.39, 0.29) is 6.10 Å². The second kappa shape index (κ2) is 7.90. The molecule has 0 saturated heterocycles. The molecule has 0 bridgehead atoms. The Hall–Kier alpha value is -0.0400. The van der Waals surface area contributed by atoms with Gasteiger partial charge in [0.05, 0.1) is 6.10 Å². The van der Waals surface area contributed by atoms with Crippen molar-refractivity contribution in [1.29, 1.82) is 0 Å². The van der Waals surface area contributed by atoms with Crippen molar-refractivity contribution in [2.45, 2.75) is 118 Å². The lowest BCUT2D eigenvalue weighted by Gasteiger charge is -2.61. The molecule has 4 rings (SSSR count). The Morgan fingerprint density at radius 1 is 0.821 bits per heavy atom. The van der Waals surface area contributed by atoms with Gasteiger partial charge < -0.3 is 5.11 Å². The van der Waals surface area contributed by atoms with Crippen LogP contribution >= 0.6 is 0 Å². The van der Waals surface area contributed by atoms with Crippen molar-refractivity contribution in [2.24, 2.45) is 52.3 Å². The summed E-state index contributed by atoms with van der Waals surface area (Å²) in [6.45, 7) is 12.7. The van der Waals surface area contributed by atoms with E-state index in [9.17, 15) is 5.11 Å². The van der Waals surface area contributed by atoms with Crippen LogP contribution < -0.4 is 0 Å². The van der Waals surface area contributed by atoms with E-state index in [1.807, 2.05) is 0 Å². The van der Waals surface area contributed by atoms with E-state index < -0.39 is 0 Å². The van der Waals surface area contributed by atoms with E-state index >= 15 is 0 Å². The van der Waals surface area contributed by atoms with Crippen molar-refractivity contribution in [1.82, 2.24) is 0 Å². The molecule has 1 N–H and O–H groups in total. The molecule has 0 aromatic rings. The molecular weight excluding hydrogens is 340 g/mol. The highest BCUT2D eigenvalue weighted by Gasteiger charge is 2.60. The second-order valence-electron chi connectivity index (χ2n) is 12.6. The van der Waals surface area contributed by atoms with E-state index in [2.05, 4.69) is 34.6 Å². The Morgan fingerprint density at radius 3 is 2.29 bits per heavy atom. The lowest BCUT2D eigenvalue weighted by molar-refractivity contribution is -0.129. The summed E-state index contributed by atoms with van der Waals surface area (Å²) in [4.78, 5) is 0. The fraction of sp³-hybridized carbons (Fsp3) is 1.00. The van der Waals surface area contributed by atoms with Gasteiger partial charge in [-0.1, -0.05) is 53.9 Å². The fourth-order valence-corrected chi connectivity index (χ4v) is 9.26. The van der Waals surface area contributed by atoms with E-state index in [1.165, 1.54) is 64.2 Å². The highest BCUT2D eigenvalue weighted by atomic mass is 16.3. The van der Waals surface area contributed by atoms with E-state index in [1.54, 1.807) is 0 Å². The number of rotatable bonds is 5. The third-order valence-electron chi connectivity index (χ3n) is 10.8. The van der Waals surface area contributed by atoms with Gasteiger partial charge in [-0.15, -0.1) is 0 Å². The summed E-state index contributed by atoms with van der Waals surface area (Å²) in [7, 11) is 0. The summed E-state index contributed by atoms with van der Waals surface area (Å²) in [5.41, 5.74) is 1.15. The highest BCUT2D eigenvalue weighted by Crippen LogP contribution is 2.68. The first kappa shape index (κ1) is 21.2. The number of aliphatic hydroxyl groups excluding tert-OH is 1. The largest absolute Gasteiger partial charge is 0.393 e. The predicted octanol–water partition coefficient (Wildman–Crippen LogP) is 7.47. The third kappa shape index (κ3) is 3.50. The molecule has 5 unspecified atom stereocenters. The van der Waals surface area contributed by atoms with Crippen molar-refractivity contribution in [2.75, 3.05) is 0 Å². The molecule has 4 saturated carbocycles. The summed E-state index contributed by atoms with van der Waals surface area (Å²) in [6, 6.07) is 0. The lowest BCUT2D eigenvalue weighted by atomic mass is 9.44. The van der Waals surface area contributed by atoms with Crippen LogP contribution in [-0.4, -0.2) is 11.2 Å². The van der Waals surface area contributed by atoms with Crippen LogP contribution in [0.3, 0.4) is 0 Å². The van der Waals surface area contributed by atoms with Crippen LogP contribution in [0.25, 0.3) is 0 Å². The maximum atomic E-state index is 10.3. The molecule has 0 amide bonds. The molecule has 0 aromatic carbocycles. The zero-order chi connectivity index (χ0) is 20.1. The molecule has 0 heterocycles. The molecule has 1 heteroatoms. The van der Waals surface area contributed by atoms with Crippen molar-refractivity contribution in [3.05, 3.63) is 0 Å². The minimum absolute atomic E-state index is 0.00830. The van der Waals surface area contributed by atoms with E-state index in [4.69, 9.17) is 0 Å². The Kier molecular flexibility index (Phi) is 5.98. The summed E-state index contributed by atoms with van der Waals surface area (Å²) >= 11 is 0. The average Bonchev–Trinajstić information content (AvgIpc) is 2.99. The number of fused-ring (bicyclic) bond motifs is 5. The Morgan fingerprint density at radius 2 is 1.54 bits per heavy atom. The molecule has 4 fully saturated rings. The van der Waals surface area contributed by atoms with Crippen LogP contribution in [0.15, 0.2) is 0 Å². The molecule has 1 nitrogen and oxygen atoms in total. The summed E-state index contributed by atoms with van der Waals surface area (Å²) in [5.74, 6) is 6.49. The highest BCUT2D eigenvalue weighted by molar-refractivity contribution is 5.09. The van der Waals surface area contributed by atoms with Crippen molar-refractivity contribution in [3.8, 4) is 0 Å². The normalized spacial score (nSPS) is 49.4. The summed E-state index contributed by atoms with van der Waals surface area (Å²) < 4.78 is 0. The molecule has 0 spiro atoms. The van der Waals surface area contributed by atoms with Gasteiger partial charge in [0, 0.05) is 0 Å². The summed E-state index contributed by atoms with van der Waals surface area (Å²) in [6.07, 6.45) is 16.6. The first-order chi connectivity index (χ1) is 13.3. The smallest absolute Gasteiger partial charge is 0.0543 e. The maximum absolute atomic E-state index is 10.3. The van der Waals surface area contributed by atoms with Gasteiger partial charge in [0.2, 0.25) is 0 Å². The average molecular weight is 389 g/mol. The Balaban J connectivity index is 1.46. The van der Waals surface area contributed by atoms with Crippen LogP contribution in [0, 0.1) is 52.3 Å². The Labute approximate surface area is 175 Å². The quantitative estimate of drug-likeness (QED) is 0.518. The molecule has 28 heavy (non-hydrogen) atoms. The molecular formula is C27H48O. The molecule has 4 aliphatic carbocycles. The second-order valence-corrected chi connectivity index (χ2v) is 12.6. The number of hydrogen-bond acceptors (Lipinski definition) is 1. The standard InChI is InChI=1S/C27H48O/c1-18(2)7-6-8-19(3)23-11-12-24-22-10-9-20-17-21(28)13-15-26(20,4)25(22)14-16-27(23,24)5/h18-25,28H,6-17H2,1-5H3/t19?,20-,21+,22?,23?,24?,25?,26+,27-/m1/s1. The molecule has 0 aliphatic heterocycles. The third-order valence-corrected chi connectivity index (χ3v) is 10.8. The monoisotopic (exact) mass is 388 g/mol. The maximum Gasteiger partial charge on any atom is 0.0543 e. The van der Waals surface area contributed by atoms with Crippen LogP contribution in [0.5, 0.6) is 0 Å². The predicted molar refractivity (Wildman–Crippen MR) is 119 cm³/mol. The van der Waals surface area contributed by atoms with Crippen LogP contribution in [-0.2, 0) is 0 Å². The lowest BCUT2D eigenvalue weighted by Crippen LogP contribution is -2.54. The van der Waals surface area contributed by atoms with Crippen LogP contribution in [0.4, 0.5) is 0 Å². The van der Waals surface area contributed by atoms with Crippen LogP contribution in [0.1, 0.15) is 112 Å². The number of hydrogen-bond donors (Lipinski definition) is 1. The van der Waals surface area contributed by atoms with E-state index in [0.717, 1.165) is 54.3 Å². The fourth-order valence-electron chi connectivity index (χ4n) is 9.26. The molecule has 9 atom stereocenters. The van der Waals surface area contributed by atoms with Gasteiger partial charge in [0.1, 0.15) is 0 Å². The first-order valence-electron chi connectivity index (χ1n) is 12.9. The van der Waals surface area contributed by atoms with Crippen LogP contribution in [0.2, 0.25) is 0 Å². The van der Waals surface area contributed by atoms with Crippen molar-refractivity contribution < 1.29 is 5.11 Å². The molecule has 0 radical (unpaired) electrons. The summed E-state index contributed by atoms with van der Waals surface area (Å²) in [5, 5.41) is 10.3. The minimum Gasteiger partial charge on any atom is -0.393 e. The minimum atomic E-state index is -0.00830. The van der Waals surface area contributed by atoms with Crippen molar-refractivity contribution in [3.63, 3.8) is 0 Å². The zero-order valence-corrected chi connectivity index (χ0v) is 19.6. The van der Waals surface area contributed by atoms with Gasteiger partial charge in [0.15, 0.2) is 0 Å². The van der Waals surface area contributed by atoms with Gasteiger partial charge in [0.25, 0.3) is 0 Å². The SMILES string of the molecule is CC(C)CCCC(C)C1CCC2C3CC[C@@H]4C[C@@H](O)CC[C@]4(C)C3CC[C@]12C. The van der Waals surface area contributed by atoms with E-state index in [0.29, 0.717) is 10.8 Å². The van der Waals surface area contributed by atoms with Gasteiger partial charge in [-0.05, 0) is 110 Å². The molecule has 4 aliphatic rings. The van der Waals surface area contributed by atoms with Gasteiger partial charge >= 0.3 is 0 Å². The zero-order valence-electron chi connectivity index (χ0n) is 19.6. The van der Waals surface area contributed by atoms with Gasteiger partial charge in [-0.25, -0.2) is 0 Å². The molecule has 0 aromatic heterocycles. The molecule has 162 valence electrons. The number of aliphatic hydroxyl groups is 1. The van der Waals surface area contributed by atoms with Gasteiger partial charge in [-0.3, -0.25) is 0 Å². The van der Waals surface area contributed by atoms with Gasteiger partial charge in [-0.2, -0.15) is 0 Å².